The van der Waals surface area contributed by atoms with E-state index >= 15 is 0 Å². The number of carbonyl (C=O) groups is 1. The van der Waals surface area contributed by atoms with Gasteiger partial charge in [0.1, 0.15) is 0 Å². The van der Waals surface area contributed by atoms with Crippen LogP contribution in [0.1, 0.15) is 29.7 Å². The fourth-order valence-electron chi connectivity index (χ4n) is 3.15. The molecular weight excluding hydrogens is 428 g/mol. The Labute approximate surface area is 186 Å². The highest BCUT2D eigenvalue weighted by atomic mass is 32.2. The van der Waals surface area contributed by atoms with Gasteiger partial charge in [0.25, 0.3) is 11.6 Å². The van der Waals surface area contributed by atoms with Crippen LogP contribution in [0.4, 0.5) is 5.69 Å². The lowest BCUT2D eigenvalue weighted by molar-refractivity contribution is -0.384. The lowest BCUT2D eigenvalue weighted by Crippen LogP contribution is -2.27. The highest BCUT2D eigenvalue weighted by molar-refractivity contribution is 7.90. The van der Waals surface area contributed by atoms with E-state index in [-0.39, 0.29) is 16.5 Å². The van der Waals surface area contributed by atoms with Crippen LogP contribution in [-0.2, 0) is 14.6 Å². The molecule has 7 nitrogen and oxygen atoms in total. The van der Waals surface area contributed by atoms with Crippen molar-refractivity contribution < 1.29 is 18.1 Å². The first kappa shape index (κ1) is 22.9. The van der Waals surface area contributed by atoms with E-state index in [1.54, 1.807) is 61.5 Å². The quantitative estimate of drug-likeness (QED) is 0.248. The van der Waals surface area contributed by atoms with E-state index in [0.29, 0.717) is 16.7 Å². The summed E-state index contributed by atoms with van der Waals surface area (Å²) in [7, 11) is -3.31. The van der Waals surface area contributed by atoms with Crippen LogP contribution in [-0.4, -0.2) is 25.5 Å². The molecule has 0 bridgehead atoms. The summed E-state index contributed by atoms with van der Waals surface area (Å²) in [4.78, 5) is 24.0. The third-order valence-corrected chi connectivity index (χ3v) is 6.01. The zero-order chi connectivity index (χ0) is 23.3. The summed E-state index contributed by atoms with van der Waals surface area (Å²) in [6.45, 7) is 1.79. The van der Waals surface area contributed by atoms with E-state index < -0.39 is 20.8 Å². The molecule has 1 atom stereocenters. The second-order valence-electron chi connectivity index (χ2n) is 7.31. The first-order valence-electron chi connectivity index (χ1n) is 9.77. The maximum atomic E-state index is 13.2. The number of hydrogen-bond donors (Lipinski definition) is 1. The average molecular weight is 451 g/mol. The van der Waals surface area contributed by atoms with E-state index in [2.05, 4.69) is 5.32 Å². The average Bonchev–Trinajstić information content (AvgIpc) is 2.77. The molecule has 3 aromatic rings. The SMILES string of the molecule is C[C@H](NC(=O)/C(=C/c1cccc([N+](=O)[O-])c1)c1ccccc1)c1ccc(S(C)(=O)=O)cc1. The number of nitrogens with zero attached hydrogens (tertiary/aromatic N) is 1. The van der Waals surface area contributed by atoms with Gasteiger partial charge in [-0.1, -0.05) is 54.6 Å². The van der Waals surface area contributed by atoms with Crippen molar-refractivity contribution >= 4 is 33.1 Å². The molecule has 0 aromatic heterocycles. The van der Waals surface area contributed by atoms with Gasteiger partial charge < -0.3 is 5.32 Å². The first-order chi connectivity index (χ1) is 15.1. The van der Waals surface area contributed by atoms with Crippen LogP contribution >= 0.6 is 0 Å². The van der Waals surface area contributed by atoms with Gasteiger partial charge in [-0.05, 0) is 41.8 Å². The van der Waals surface area contributed by atoms with E-state index in [1.807, 2.05) is 6.07 Å². The Morgan fingerprint density at radius 1 is 1.00 bits per heavy atom. The Balaban J connectivity index is 1.91. The summed E-state index contributed by atoms with van der Waals surface area (Å²) in [5, 5.41) is 14.0. The summed E-state index contributed by atoms with van der Waals surface area (Å²) >= 11 is 0. The Morgan fingerprint density at radius 2 is 1.66 bits per heavy atom. The smallest absolute Gasteiger partial charge is 0.270 e. The molecule has 0 heterocycles. The molecule has 0 aliphatic carbocycles. The maximum absolute atomic E-state index is 13.2. The number of benzene rings is 3. The van der Waals surface area contributed by atoms with Crippen LogP contribution in [0, 0.1) is 10.1 Å². The van der Waals surface area contributed by atoms with Gasteiger partial charge in [-0.25, -0.2) is 8.42 Å². The number of rotatable bonds is 7. The largest absolute Gasteiger partial charge is 0.345 e. The van der Waals surface area contributed by atoms with E-state index in [4.69, 9.17) is 0 Å². The van der Waals surface area contributed by atoms with Crippen molar-refractivity contribution in [3.8, 4) is 0 Å². The van der Waals surface area contributed by atoms with E-state index in [9.17, 15) is 23.3 Å². The van der Waals surface area contributed by atoms with E-state index in [0.717, 1.165) is 11.8 Å². The van der Waals surface area contributed by atoms with Crippen molar-refractivity contribution in [1.82, 2.24) is 5.32 Å². The molecule has 1 amide bonds. The van der Waals surface area contributed by atoms with Crippen LogP contribution in [0.2, 0.25) is 0 Å². The van der Waals surface area contributed by atoms with Crippen LogP contribution in [0.5, 0.6) is 0 Å². The van der Waals surface area contributed by atoms with Gasteiger partial charge >= 0.3 is 0 Å². The van der Waals surface area contributed by atoms with Gasteiger partial charge in [-0.3, -0.25) is 14.9 Å². The predicted octanol–water partition coefficient (Wildman–Crippen LogP) is 4.42. The molecule has 0 saturated heterocycles. The summed E-state index contributed by atoms with van der Waals surface area (Å²) in [5.74, 6) is -0.359. The number of sulfone groups is 1. The van der Waals surface area contributed by atoms with Crippen LogP contribution in [0.15, 0.2) is 83.8 Å². The molecular formula is C24H22N2O5S. The maximum Gasteiger partial charge on any atom is 0.270 e. The van der Waals surface area contributed by atoms with E-state index in [1.165, 1.54) is 24.3 Å². The van der Waals surface area contributed by atoms with Crippen molar-refractivity contribution in [1.29, 1.82) is 0 Å². The molecule has 0 saturated carbocycles. The van der Waals surface area contributed by atoms with Gasteiger partial charge in [-0.2, -0.15) is 0 Å². The second kappa shape index (κ2) is 9.57. The van der Waals surface area contributed by atoms with Crippen molar-refractivity contribution in [3.63, 3.8) is 0 Å². The zero-order valence-corrected chi connectivity index (χ0v) is 18.4. The highest BCUT2D eigenvalue weighted by Gasteiger charge is 2.17. The zero-order valence-electron chi connectivity index (χ0n) is 17.6. The van der Waals surface area contributed by atoms with Crippen LogP contribution in [0.3, 0.4) is 0 Å². The normalized spacial score (nSPS) is 12.8. The fourth-order valence-corrected chi connectivity index (χ4v) is 3.78. The number of non-ortho nitro benzene ring substituents is 1. The molecule has 3 aromatic carbocycles. The molecule has 0 aliphatic rings. The molecule has 0 unspecified atom stereocenters. The minimum absolute atomic E-state index is 0.0640. The third kappa shape index (κ3) is 5.67. The molecule has 32 heavy (non-hydrogen) atoms. The standard InChI is InChI=1S/C24H22N2O5S/c1-17(19-11-13-22(14-12-19)32(2,30)31)25-24(27)23(20-8-4-3-5-9-20)16-18-7-6-10-21(15-18)26(28)29/h3-17H,1-2H3,(H,25,27)/b23-16+/t17-/m0/s1. The second-order valence-corrected chi connectivity index (χ2v) is 9.33. The lowest BCUT2D eigenvalue weighted by atomic mass is 10.0. The van der Waals surface area contributed by atoms with Crippen LogP contribution < -0.4 is 5.32 Å². The lowest BCUT2D eigenvalue weighted by Gasteiger charge is -2.17. The van der Waals surface area contributed by atoms with Gasteiger partial charge in [0, 0.05) is 24.0 Å². The monoisotopic (exact) mass is 450 g/mol. The minimum Gasteiger partial charge on any atom is -0.345 e. The molecule has 0 fully saturated rings. The summed E-state index contributed by atoms with van der Waals surface area (Å²) in [6.07, 6.45) is 2.75. The number of hydrogen-bond acceptors (Lipinski definition) is 5. The van der Waals surface area contributed by atoms with Gasteiger partial charge in [0.15, 0.2) is 9.84 Å². The topological polar surface area (TPSA) is 106 Å². The summed E-state index contributed by atoms with van der Waals surface area (Å²) in [5.41, 5.74) is 2.22. The Morgan fingerprint density at radius 3 is 2.25 bits per heavy atom. The summed E-state index contributed by atoms with van der Waals surface area (Å²) < 4.78 is 23.3. The predicted molar refractivity (Wildman–Crippen MR) is 124 cm³/mol. The van der Waals surface area contributed by atoms with Crippen molar-refractivity contribution in [2.75, 3.05) is 6.26 Å². The van der Waals surface area contributed by atoms with Crippen molar-refractivity contribution in [3.05, 3.63) is 106 Å². The Hall–Kier alpha value is -3.78. The number of carbonyl (C=O) groups excluding carboxylic acids is 1. The third-order valence-electron chi connectivity index (χ3n) is 4.88. The molecule has 164 valence electrons. The molecule has 0 aliphatic heterocycles. The van der Waals surface area contributed by atoms with Crippen molar-refractivity contribution in [2.24, 2.45) is 0 Å². The number of amides is 1. The Kier molecular flexibility index (Phi) is 6.85. The number of nitrogens with one attached hydrogen (secondary N) is 1. The van der Waals surface area contributed by atoms with Gasteiger partial charge in [0.2, 0.25) is 0 Å². The van der Waals surface area contributed by atoms with Gasteiger partial charge in [-0.15, -0.1) is 0 Å². The minimum atomic E-state index is -3.31. The molecule has 8 heteroatoms. The fraction of sp³-hybridized carbons (Fsp3) is 0.125. The molecule has 0 spiro atoms. The van der Waals surface area contributed by atoms with Crippen LogP contribution in [0.25, 0.3) is 11.6 Å². The molecule has 1 N–H and O–H groups in total. The number of nitro groups is 1. The number of nitro benzene ring substituents is 1. The Bertz CT molecular complexity index is 1270. The highest BCUT2D eigenvalue weighted by Crippen LogP contribution is 2.23. The molecule has 0 radical (unpaired) electrons. The van der Waals surface area contributed by atoms with Crippen molar-refractivity contribution in [2.45, 2.75) is 17.9 Å². The first-order valence-corrected chi connectivity index (χ1v) is 11.7. The van der Waals surface area contributed by atoms with Gasteiger partial charge in [0.05, 0.1) is 15.9 Å². The summed E-state index contributed by atoms with van der Waals surface area (Å²) in [6, 6.07) is 21.0. The molecule has 3 rings (SSSR count).